The van der Waals surface area contributed by atoms with Crippen LogP contribution in [0.15, 0.2) is 33.9 Å². The van der Waals surface area contributed by atoms with Gasteiger partial charge in [-0.25, -0.2) is 9.97 Å². The summed E-state index contributed by atoms with van der Waals surface area (Å²) in [6.07, 6.45) is 2.99. The third-order valence-corrected chi connectivity index (χ3v) is 4.01. The molecule has 0 aliphatic rings. The van der Waals surface area contributed by atoms with Gasteiger partial charge in [0.2, 0.25) is 0 Å². The summed E-state index contributed by atoms with van der Waals surface area (Å²) in [7, 11) is 0. The van der Waals surface area contributed by atoms with Gasteiger partial charge in [-0.2, -0.15) is 0 Å². The summed E-state index contributed by atoms with van der Waals surface area (Å²) in [5.41, 5.74) is 0.804. The fourth-order valence-corrected chi connectivity index (χ4v) is 2.56. The van der Waals surface area contributed by atoms with E-state index in [1.165, 1.54) is 11.8 Å². The number of benzene rings is 1. The molecule has 112 valence electrons. The molecule has 0 aliphatic heterocycles. The minimum absolute atomic E-state index is 0.644. The van der Waals surface area contributed by atoms with E-state index in [0.29, 0.717) is 16.0 Å². The van der Waals surface area contributed by atoms with Crippen molar-refractivity contribution >= 4 is 56.6 Å². The number of hydrogen-bond donors (Lipinski definition) is 2. The first-order valence-corrected chi connectivity index (χ1v) is 8.91. The lowest BCUT2D eigenvalue weighted by Gasteiger charge is -2.11. The molecule has 0 saturated carbocycles. The first-order valence-electron chi connectivity index (χ1n) is 6.51. The number of nitrogens with zero attached hydrogens (tertiary/aromatic N) is 2. The van der Waals surface area contributed by atoms with Crippen LogP contribution in [0, 0.1) is 0 Å². The molecule has 0 saturated heterocycles. The summed E-state index contributed by atoms with van der Waals surface area (Å²) in [6.45, 7) is 2.99. The summed E-state index contributed by atoms with van der Waals surface area (Å²) in [5.74, 6) is 1.53. The van der Waals surface area contributed by atoms with Crippen LogP contribution in [0.25, 0.3) is 0 Å². The number of rotatable bonds is 6. The Bertz CT molecular complexity index is 624. The Morgan fingerprint density at radius 3 is 2.71 bits per heavy atom. The van der Waals surface area contributed by atoms with Crippen LogP contribution >= 0.6 is 39.3 Å². The van der Waals surface area contributed by atoms with Crippen LogP contribution in [0.4, 0.5) is 17.3 Å². The first kappa shape index (κ1) is 16.4. The highest BCUT2D eigenvalue weighted by atomic mass is 79.9. The van der Waals surface area contributed by atoms with Gasteiger partial charge in [0.1, 0.15) is 11.6 Å². The highest BCUT2D eigenvalue weighted by molar-refractivity contribution is 9.10. The van der Waals surface area contributed by atoms with Crippen molar-refractivity contribution < 1.29 is 0 Å². The van der Waals surface area contributed by atoms with Crippen LogP contribution in [-0.4, -0.2) is 22.8 Å². The quantitative estimate of drug-likeness (QED) is 0.528. The van der Waals surface area contributed by atoms with E-state index in [2.05, 4.69) is 43.5 Å². The van der Waals surface area contributed by atoms with Gasteiger partial charge >= 0.3 is 0 Å². The highest BCUT2D eigenvalue weighted by Gasteiger charge is 2.07. The SMILES string of the molecule is CCCNc1cc(Nc2cc(Br)ccc2Cl)nc(SC)n1. The average molecular weight is 388 g/mol. The van der Waals surface area contributed by atoms with Gasteiger partial charge in [-0.3, -0.25) is 0 Å². The molecule has 2 rings (SSSR count). The third-order valence-electron chi connectivity index (χ3n) is 2.64. The second-order valence-corrected chi connectivity index (χ2v) is 6.40. The number of aromatic nitrogens is 2. The Morgan fingerprint density at radius 2 is 2.00 bits per heavy atom. The Kier molecular flexibility index (Phi) is 6.14. The summed E-state index contributed by atoms with van der Waals surface area (Å²) in [5, 5.41) is 7.87. The Balaban J connectivity index is 2.27. The van der Waals surface area contributed by atoms with Crippen molar-refractivity contribution in [2.45, 2.75) is 18.5 Å². The minimum atomic E-state index is 0.644. The molecular weight excluding hydrogens is 372 g/mol. The van der Waals surface area contributed by atoms with Gasteiger partial charge in [0.15, 0.2) is 5.16 Å². The van der Waals surface area contributed by atoms with Gasteiger partial charge < -0.3 is 10.6 Å². The molecule has 0 bridgehead atoms. The Labute approximate surface area is 142 Å². The molecule has 0 aliphatic carbocycles. The summed E-state index contributed by atoms with van der Waals surface area (Å²) in [6, 6.07) is 7.53. The van der Waals surface area contributed by atoms with Gasteiger partial charge in [-0.1, -0.05) is 46.2 Å². The van der Waals surface area contributed by atoms with Crippen molar-refractivity contribution in [1.82, 2.24) is 9.97 Å². The lowest BCUT2D eigenvalue weighted by Crippen LogP contribution is -2.05. The molecule has 2 aromatic rings. The molecule has 0 atom stereocenters. The number of nitrogens with one attached hydrogen (secondary N) is 2. The monoisotopic (exact) mass is 386 g/mol. The molecule has 7 heteroatoms. The van der Waals surface area contributed by atoms with E-state index in [0.717, 1.165) is 28.9 Å². The van der Waals surface area contributed by atoms with Gasteiger partial charge in [0.05, 0.1) is 10.7 Å². The zero-order valence-electron chi connectivity index (χ0n) is 11.8. The van der Waals surface area contributed by atoms with E-state index in [1.54, 1.807) is 0 Å². The molecule has 0 amide bonds. The van der Waals surface area contributed by atoms with E-state index in [4.69, 9.17) is 11.6 Å². The molecule has 0 unspecified atom stereocenters. The molecule has 1 aromatic carbocycles. The largest absolute Gasteiger partial charge is 0.370 e. The lowest BCUT2D eigenvalue weighted by atomic mass is 10.3. The average Bonchev–Trinajstić information content (AvgIpc) is 2.48. The maximum atomic E-state index is 6.20. The standard InChI is InChI=1S/C14H16BrClN4S/c1-3-6-17-12-8-13(20-14(19-12)21-2)18-11-7-9(15)4-5-10(11)16/h4-5,7-8H,3,6H2,1-2H3,(H2,17,18,19,20). The van der Waals surface area contributed by atoms with Crippen LogP contribution in [0.1, 0.15) is 13.3 Å². The normalized spacial score (nSPS) is 10.5. The van der Waals surface area contributed by atoms with Crippen molar-refractivity contribution in [2.24, 2.45) is 0 Å². The zero-order valence-corrected chi connectivity index (χ0v) is 14.9. The fourth-order valence-electron chi connectivity index (χ4n) is 1.66. The first-order chi connectivity index (χ1) is 10.1. The molecule has 21 heavy (non-hydrogen) atoms. The van der Waals surface area contributed by atoms with Gasteiger partial charge in [-0.15, -0.1) is 0 Å². The maximum Gasteiger partial charge on any atom is 0.191 e. The fraction of sp³-hybridized carbons (Fsp3) is 0.286. The van der Waals surface area contributed by atoms with Crippen molar-refractivity contribution in [3.05, 3.63) is 33.8 Å². The smallest absolute Gasteiger partial charge is 0.191 e. The predicted octanol–water partition coefficient (Wildman–Crippen LogP) is 5.18. The summed E-state index contributed by atoms with van der Waals surface area (Å²) >= 11 is 11.1. The number of thioether (sulfide) groups is 1. The van der Waals surface area contributed by atoms with Crippen molar-refractivity contribution in [3.63, 3.8) is 0 Å². The van der Waals surface area contributed by atoms with E-state index >= 15 is 0 Å². The summed E-state index contributed by atoms with van der Waals surface area (Å²) < 4.78 is 0.956. The molecule has 1 aromatic heterocycles. The Morgan fingerprint density at radius 1 is 1.24 bits per heavy atom. The molecule has 1 heterocycles. The third kappa shape index (κ3) is 4.76. The highest BCUT2D eigenvalue weighted by Crippen LogP contribution is 2.29. The predicted molar refractivity (Wildman–Crippen MR) is 95.0 cm³/mol. The molecule has 0 fully saturated rings. The van der Waals surface area contributed by atoms with Crippen LogP contribution in [-0.2, 0) is 0 Å². The topological polar surface area (TPSA) is 49.8 Å². The zero-order chi connectivity index (χ0) is 15.2. The Hall–Kier alpha value is -0.980. The van der Waals surface area contributed by atoms with E-state index < -0.39 is 0 Å². The van der Waals surface area contributed by atoms with E-state index in [1.807, 2.05) is 30.5 Å². The van der Waals surface area contributed by atoms with Crippen LogP contribution in [0.3, 0.4) is 0 Å². The van der Waals surface area contributed by atoms with Crippen molar-refractivity contribution in [3.8, 4) is 0 Å². The minimum Gasteiger partial charge on any atom is -0.370 e. The van der Waals surface area contributed by atoms with E-state index in [-0.39, 0.29) is 0 Å². The van der Waals surface area contributed by atoms with Crippen molar-refractivity contribution in [1.29, 1.82) is 0 Å². The van der Waals surface area contributed by atoms with Crippen LogP contribution in [0.2, 0.25) is 5.02 Å². The van der Waals surface area contributed by atoms with Crippen LogP contribution < -0.4 is 10.6 Å². The van der Waals surface area contributed by atoms with Crippen LogP contribution in [0.5, 0.6) is 0 Å². The molecule has 2 N–H and O–H groups in total. The second-order valence-electron chi connectivity index (χ2n) is 4.30. The van der Waals surface area contributed by atoms with Gasteiger partial charge in [0, 0.05) is 17.1 Å². The lowest BCUT2D eigenvalue weighted by molar-refractivity contribution is 0.929. The maximum absolute atomic E-state index is 6.20. The molecule has 4 nitrogen and oxygen atoms in total. The summed E-state index contributed by atoms with van der Waals surface area (Å²) in [4.78, 5) is 8.88. The van der Waals surface area contributed by atoms with E-state index in [9.17, 15) is 0 Å². The molecule has 0 radical (unpaired) electrons. The second kappa shape index (κ2) is 7.87. The number of anilines is 3. The number of halogens is 2. The number of hydrogen-bond acceptors (Lipinski definition) is 5. The van der Waals surface area contributed by atoms with Gasteiger partial charge in [0.25, 0.3) is 0 Å². The van der Waals surface area contributed by atoms with Gasteiger partial charge in [-0.05, 0) is 30.9 Å². The molecular formula is C14H16BrClN4S. The molecule has 0 spiro atoms. The van der Waals surface area contributed by atoms with Crippen molar-refractivity contribution in [2.75, 3.05) is 23.4 Å².